The number of piperazine rings is 1. The number of methoxy groups -OCH3 is 1. The summed E-state index contributed by atoms with van der Waals surface area (Å²) in [6.07, 6.45) is 1.87. The fourth-order valence-electron chi connectivity index (χ4n) is 2.37. The molecule has 4 nitrogen and oxygen atoms in total. The van der Waals surface area contributed by atoms with Crippen molar-refractivity contribution in [3.8, 4) is 11.5 Å². The topological polar surface area (TPSA) is 44.7 Å². The maximum Gasteiger partial charge on any atom is 0.135 e. The zero-order valence-electron chi connectivity index (χ0n) is 11.0. The highest BCUT2D eigenvalue weighted by Crippen LogP contribution is 2.38. The number of nitrogens with zero attached hydrogens (tertiary/aromatic N) is 1. The molecule has 0 bridgehead atoms. The molecular weight excluding hydrogens is 308 g/mol. The Hall–Kier alpha value is -1.04. The highest BCUT2D eigenvalue weighted by molar-refractivity contribution is 9.10. The van der Waals surface area contributed by atoms with Gasteiger partial charge in [-0.25, -0.2) is 0 Å². The highest BCUT2D eigenvalue weighted by Gasteiger charge is 2.23. The molecule has 0 unspecified atom stereocenters. The summed E-state index contributed by atoms with van der Waals surface area (Å²) in [6, 6.07) is 3.62. The second-order valence-electron chi connectivity index (χ2n) is 4.51. The van der Waals surface area contributed by atoms with Crippen molar-refractivity contribution >= 4 is 15.9 Å². The second kappa shape index (κ2) is 6.41. The lowest BCUT2D eigenvalue weighted by molar-refractivity contribution is 0.200. The zero-order valence-corrected chi connectivity index (χ0v) is 12.6. The number of hydrogen-bond donors (Lipinski definition) is 2. The molecule has 1 aliphatic heterocycles. The van der Waals surface area contributed by atoms with Crippen LogP contribution in [-0.4, -0.2) is 43.3 Å². The van der Waals surface area contributed by atoms with Crippen LogP contribution < -0.4 is 10.1 Å². The van der Waals surface area contributed by atoms with Gasteiger partial charge in [-0.05, 0) is 28.1 Å². The Morgan fingerprint density at radius 3 is 2.74 bits per heavy atom. The molecule has 0 spiro atoms. The number of nitrogens with one attached hydrogen (secondary N) is 1. The van der Waals surface area contributed by atoms with E-state index in [1.165, 1.54) is 0 Å². The SMILES string of the molecule is C=C[C@@H](c1cc(OC)cc(Br)c1O)N1CCNCC1. The third-order valence-electron chi connectivity index (χ3n) is 3.39. The van der Waals surface area contributed by atoms with Gasteiger partial charge in [0.1, 0.15) is 11.5 Å². The second-order valence-corrected chi connectivity index (χ2v) is 5.37. The van der Waals surface area contributed by atoms with E-state index in [1.54, 1.807) is 13.2 Å². The van der Waals surface area contributed by atoms with Crippen LogP contribution in [-0.2, 0) is 0 Å². The summed E-state index contributed by atoms with van der Waals surface area (Å²) >= 11 is 3.36. The molecule has 0 saturated carbocycles. The van der Waals surface area contributed by atoms with Gasteiger partial charge in [0.15, 0.2) is 0 Å². The van der Waals surface area contributed by atoms with Gasteiger partial charge in [0, 0.05) is 31.7 Å². The Morgan fingerprint density at radius 1 is 1.47 bits per heavy atom. The van der Waals surface area contributed by atoms with E-state index in [9.17, 15) is 5.11 Å². The normalized spacial score (nSPS) is 18.0. The monoisotopic (exact) mass is 326 g/mol. The molecule has 104 valence electrons. The molecule has 1 fully saturated rings. The predicted molar refractivity (Wildman–Crippen MR) is 79.7 cm³/mol. The molecule has 0 radical (unpaired) electrons. The number of ether oxygens (including phenoxy) is 1. The summed E-state index contributed by atoms with van der Waals surface area (Å²) in [7, 11) is 1.62. The first kappa shape index (κ1) is 14.4. The van der Waals surface area contributed by atoms with Crippen LogP contribution in [0.2, 0.25) is 0 Å². The van der Waals surface area contributed by atoms with Gasteiger partial charge in [-0.1, -0.05) is 6.08 Å². The van der Waals surface area contributed by atoms with Crippen molar-refractivity contribution in [1.82, 2.24) is 10.2 Å². The highest BCUT2D eigenvalue weighted by atomic mass is 79.9. The van der Waals surface area contributed by atoms with E-state index in [0.717, 1.165) is 37.5 Å². The van der Waals surface area contributed by atoms with E-state index < -0.39 is 0 Å². The van der Waals surface area contributed by atoms with E-state index >= 15 is 0 Å². The van der Waals surface area contributed by atoms with E-state index in [0.29, 0.717) is 4.47 Å². The number of phenolic OH excluding ortho intramolecular Hbond substituents is 1. The Kier molecular flexibility index (Phi) is 4.85. The molecule has 19 heavy (non-hydrogen) atoms. The van der Waals surface area contributed by atoms with Crippen LogP contribution in [0.5, 0.6) is 11.5 Å². The van der Waals surface area contributed by atoms with Gasteiger partial charge in [-0.3, -0.25) is 4.90 Å². The average Bonchev–Trinajstić information content (AvgIpc) is 2.45. The van der Waals surface area contributed by atoms with Crippen molar-refractivity contribution in [2.75, 3.05) is 33.3 Å². The van der Waals surface area contributed by atoms with E-state index in [1.807, 2.05) is 12.1 Å². The van der Waals surface area contributed by atoms with Crippen LogP contribution >= 0.6 is 15.9 Å². The number of halogens is 1. The maximum absolute atomic E-state index is 10.3. The Morgan fingerprint density at radius 2 is 2.16 bits per heavy atom. The third-order valence-corrected chi connectivity index (χ3v) is 3.99. The first-order valence-electron chi connectivity index (χ1n) is 6.31. The smallest absolute Gasteiger partial charge is 0.135 e. The van der Waals surface area contributed by atoms with Gasteiger partial charge >= 0.3 is 0 Å². The average molecular weight is 327 g/mol. The molecule has 2 rings (SSSR count). The first-order valence-corrected chi connectivity index (χ1v) is 7.10. The lowest BCUT2D eigenvalue weighted by atomic mass is 10.0. The quantitative estimate of drug-likeness (QED) is 0.833. The van der Waals surface area contributed by atoms with E-state index in [-0.39, 0.29) is 11.8 Å². The predicted octanol–water partition coefficient (Wildman–Crippen LogP) is 2.30. The van der Waals surface area contributed by atoms with Gasteiger partial charge < -0.3 is 15.2 Å². The zero-order chi connectivity index (χ0) is 13.8. The van der Waals surface area contributed by atoms with Gasteiger partial charge in [0.2, 0.25) is 0 Å². The van der Waals surface area contributed by atoms with Gasteiger partial charge in [-0.15, -0.1) is 6.58 Å². The van der Waals surface area contributed by atoms with Crippen LogP contribution in [0.1, 0.15) is 11.6 Å². The minimum Gasteiger partial charge on any atom is -0.506 e. The van der Waals surface area contributed by atoms with E-state index in [2.05, 4.69) is 32.7 Å². The Bertz CT molecular complexity index is 459. The summed E-state index contributed by atoms with van der Waals surface area (Å²) in [5, 5.41) is 13.6. The largest absolute Gasteiger partial charge is 0.506 e. The van der Waals surface area contributed by atoms with Gasteiger partial charge in [-0.2, -0.15) is 0 Å². The summed E-state index contributed by atoms with van der Waals surface area (Å²) in [5.41, 5.74) is 0.822. The van der Waals surface area contributed by atoms with Crippen LogP contribution in [0.25, 0.3) is 0 Å². The summed E-state index contributed by atoms with van der Waals surface area (Å²) in [6.45, 7) is 7.69. The van der Waals surface area contributed by atoms with Crippen molar-refractivity contribution in [2.24, 2.45) is 0 Å². The fraction of sp³-hybridized carbons (Fsp3) is 0.429. The molecule has 0 aliphatic carbocycles. The van der Waals surface area contributed by atoms with Crippen molar-refractivity contribution in [3.05, 3.63) is 34.8 Å². The number of phenols is 1. The van der Waals surface area contributed by atoms with Crippen molar-refractivity contribution < 1.29 is 9.84 Å². The number of aromatic hydroxyl groups is 1. The maximum atomic E-state index is 10.3. The molecule has 2 N–H and O–H groups in total. The van der Waals surface area contributed by atoms with Gasteiger partial charge in [0.05, 0.1) is 17.6 Å². The number of benzene rings is 1. The van der Waals surface area contributed by atoms with Crippen molar-refractivity contribution in [3.63, 3.8) is 0 Å². The minimum absolute atomic E-state index is 0.00602. The Balaban J connectivity index is 2.36. The van der Waals surface area contributed by atoms with Crippen molar-refractivity contribution in [2.45, 2.75) is 6.04 Å². The fourth-order valence-corrected chi connectivity index (χ4v) is 2.83. The molecule has 0 aromatic heterocycles. The van der Waals surface area contributed by atoms with E-state index in [4.69, 9.17) is 4.74 Å². The van der Waals surface area contributed by atoms with Crippen molar-refractivity contribution in [1.29, 1.82) is 0 Å². The molecule has 1 atom stereocenters. The number of rotatable bonds is 4. The molecule has 5 heteroatoms. The lowest BCUT2D eigenvalue weighted by Crippen LogP contribution is -2.44. The summed E-state index contributed by atoms with van der Waals surface area (Å²) in [4.78, 5) is 2.30. The lowest BCUT2D eigenvalue weighted by Gasteiger charge is -2.33. The minimum atomic E-state index is -0.00602. The van der Waals surface area contributed by atoms with Crippen LogP contribution in [0.15, 0.2) is 29.3 Å². The molecule has 1 aromatic carbocycles. The molecule has 1 heterocycles. The first-order chi connectivity index (χ1) is 9.17. The molecule has 1 aliphatic rings. The van der Waals surface area contributed by atoms with Crippen LogP contribution in [0, 0.1) is 0 Å². The Labute approximate surface area is 122 Å². The van der Waals surface area contributed by atoms with Crippen LogP contribution in [0.3, 0.4) is 0 Å². The summed E-state index contributed by atoms with van der Waals surface area (Å²) < 4.78 is 5.91. The third kappa shape index (κ3) is 3.11. The van der Waals surface area contributed by atoms with Crippen LogP contribution in [0.4, 0.5) is 0 Å². The molecular formula is C14H19BrN2O2. The number of hydrogen-bond acceptors (Lipinski definition) is 4. The van der Waals surface area contributed by atoms with Gasteiger partial charge in [0.25, 0.3) is 0 Å². The summed E-state index contributed by atoms with van der Waals surface area (Å²) in [5.74, 6) is 0.978. The molecule has 1 saturated heterocycles. The molecule has 1 aromatic rings. The molecule has 0 amide bonds. The standard InChI is InChI=1S/C14H19BrN2O2/c1-3-13(17-6-4-16-5-7-17)11-8-10(19-2)9-12(15)14(11)18/h3,8-9,13,16,18H,1,4-7H2,2H3/t13-/m0/s1.